The minimum atomic E-state index is -0.951. The second kappa shape index (κ2) is 8.22. The van der Waals surface area contributed by atoms with E-state index < -0.39 is 12.0 Å². The molecular formula is C24H23NO5. The van der Waals surface area contributed by atoms with Gasteiger partial charge in [0.05, 0.1) is 0 Å². The third kappa shape index (κ3) is 3.90. The Balaban J connectivity index is 1.44. The van der Waals surface area contributed by atoms with Gasteiger partial charge in [0.2, 0.25) is 0 Å². The van der Waals surface area contributed by atoms with E-state index in [1.807, 2.05) is 0 Å². The molecule has 4 rings (SSSR count). The first-order chi connectivity index (χ1) is 14.4. The zero-order chi connectivity index (χ0) is 21.3. The van der Waals surface area contributed by atoms with Crippen LogP contribution in [0.15, 0.2) is 42.5 Å². The molecule has 1 fully saturated rings. The summed E-state index contributed by atoms with van der Waals surface area (Å²) in [5.74, 6) is -0.975. The lowest BCUT2D eigenvalue weighted by atomic mass is 9.84. The summed E-state index contributed by atoms with van der Waals surface area (Å²) < 4.78 is 5.27. The van der Waals surface area contributed by atoms with Gasteiger partial charge in [-0.15, -0.1) is 0 Å². The SMILES string of the molecule is C[C@@H](OC(=O)CC1CCCC1)C(=O)Nc1ccc2c(c1)C(=O)c1ccccc1C2=O. The Bertz CT molecular complexity index is 1040. The van der Waals surface area contributed by atoms with E-state index in [4.69, 9.17) is 4.74 Å². The molecule has 2 aromatic rings. The number of carbonyl (C=O) groups is 4. The van der Waals surface area contributed by atoms with Crippen molar-refractivity contribution in [3.63, 3.8) is 0 Å². The number of rotatable bonds is 5. The highest BCUT2D eigenvalue weighted by atomic mass is 16.5. The third-order valence-electron chi connectivity index (χ3n) is 5.80. The summed E-state index contributed by atoms with van der Waals surface area (Å²) in [5.41, 5.74) is 1.68. The largest absolute Gasteiger partial charge is 0.453 e. The molecule has 1 saturated carbocycles. The fourth-order valence-electron chi connectivity index (χ4n) is 4.17. The van der Waals surface area contributed by atoms with Gasteiger partial charge in [-0.1, -0.05) is 37.1 Å². The number of esters is 1. The van der Waals surface area contributed by atoms with Crippen LogP contribution in [0.5, 0.6) is 0 Å². The summed E-state index contributed by atoms with van der Waals surface area (Å²) in [4.78, 5) is 50.0. The van der Waals surface area contributed by atoms with Crippen molar-refractivity contribution < 1.29 is 23.9 Å². The van der Waals surface area contributed by atoms with Crippen molar-refractivity contribution in [3.05, 3.63) is 64.7 Å². The van der Waals surface area contributed by atoms with Crippen molar-refractivity contribution in [1.29, 1.82) is 0 Å². The van der Waals surface area contributed by atoms with Crippen molar-refractivity contribution >= 4 is 29.1 Å². The number of amides is 1. The highest BCUT2D eigenvalue weighted by molar-refractivity contribution is 6.28. The van der Waals surface area contributed by atoms with E-state index in [1.54, 1.807) is 30.3 Å². The standard InChI is InChI=1S/C24H23NO5/c1-14(30-21(26)12-15-6-2-3-7-15)24(29)25-16-10-11-19-20(13-16)23(28)18-9-5-4-8-17(18)22(19)27/h4-5,8-11,13-15H,2-3,6-7,12H2,1H3,(H,25,29)/t14-/m1/s1. The third-order valence-corrected chi connectivity index (χ3v) is 5.80. The summed E-state index contributed by atoms with van der Waals surface area (Å²) >= 11 is 0. The summed E-state index contributed by atoms with van der Waals surface area (Å²) in [5, 5.41) is 2.67. The van der Waals surface area contributed by atoms with Crippen molar-refractivity contribution in [1.82, 2.24) is 0 Å². The molecule has 0 spiro atoms. The predicted octanol–water partition coefficient (Wildman–Crippen LogP) is 3.91. The van der Waals surface area contributed by atoms with Crippen molar-refractivity contribution in [2.24, 2.45) is 5.92 Å². The van der Waals surface area contributed by atoms with Gasteiger partial charge in [-0.05, 0) is 43.9 Å². The molecule has 2 aliphatic rings. The molecule has 0 saturated heterocycles. The molecule has 0 bridgehead atoms. The first-order valence-corrected chi connectivity index (χ1v) is 10.3. The second-order valence-electron chi connectivity index (χ2n) is 7.94. The molecule has 30 heavy (non-hydrogen) atoms. The number of benzene rings is 2. The molecule has 2 aromatic carbocycles. The van der Waals surface area contributed by atoms with Crippen LogP contribution in [0.25, 0.3) is 0 Å². The van der Waals surface area contributed by atoms with E-state index in [1.165, 1.54) is 19.1 Å². The molecule has 1 amide bonds. The summed E-state index contributed by atoms with van der Waals surface area (Å²) in [6.07, 6.45) is 3.72. The summed E-state index contributed by atoms with van der Waals surface area (Å²) in [6, 6.07) is 11.3. The number of hydrogen-bond donors (Lipinski definition) is 1. The van der Waals surface area contributed by atoms with Gasteiger partial charge in [-0.3, -0.25) is 19.2 Å². The molecule has 0 aliphatic heterocycles. The molecule has 1 atom stereocenters. The quantitative estimate of drug-likeness (QED) is 0.650. The van der Waals surface area contributed by atoms with Gasteiger partial charge in [0.15, 0.2) is 17.7 Å². The van der Waals surface area contributed by atoms with Gasteiger partial charge in [-0.2, -0.15) is 0 Å². The molecule has 0 radical (unpaired) electrons. The monoisotopic (exact) mass is 405 g/mol. The molecule has 6 nitrogen and oxygen atoms in total. The van der Waals surface area contributed by atoms with Crippen LogP contribution in [0.2, 0.25) is 0 Å². The number of anilines is 1. The van der Waals surface area contributed by atoms with E-state index in [0.29, 0.717) is 34.7 Å². The van der Waals surface area contributed by atoms with Crippen molar-refractivity contribution in [3.8, 4) is 0 Å². The fraction of sp³-hybridized carbons (Fsp3) is 0.333. The average molecular weight is 405 g/mol. The first kappa shape index (κ1) is 20.0. The van der Waals surface area contributed by atoms with Crippen LogP contribution in [-0.4, -0.2) is 29.5 Å². The van der Waals surface area contributed by atoms with Gasteiger partial charge in [0, 0.05) is 34.4 Å². The molecule has 154 valence electrons. The maximum absolute atomic E-state index is 12.8. The molecule has 2 aliphatic carbocycles. The Morgan fingerprint density at radius 1 is 0.967 bits per heavy atom. The molecule has 6 heteroatoms. The Morgan fingerprint density at radius 2 is 1.57 bits per heavy atom. The van der Waals surface area contributed by atoms with Gasteiger partial charge in [0.25, 0.3) is 5.91 Å². The van der Waals surface area contributed by atoms with Crippen LogP contribution in [0.3, 0.4) is 0 Å². The topological polar surface area (TPSA) is 89.5 Å². The maximum atomic E-state index is 12.8. The molecular weight excluding hydrogens is 382 g/mol. The molecule has 0 unspecified atom stereocenters. The highest BCUT2D eigenvalue weighted by Crippen LogP contribution is 2.30. The summed E-state index contributed by atoms with van der Waals surface area (Å²) in [6.45, 7) is 1.52. The second-order valence-corrected chi connectivity index (χ2v) is 7.94. The number of ether oxygens (including phenoxy) is 1. The van der Waals surface area contributed by atoms with E-state index in [-0.39, 0.29) is 23.1 Å². The minimum absolute atomic E-state index is 0.215. The molecule has 0 heterocycles. The molecule has 1 N–H and O–H groups in total. The van der Waals surface area contributed by atoms with E-state index in [9.17, 15) is 19.2 Å². The summed E-state index contributed by atoms with van der Waals surface area (Å²) in [7, 11) is 0. The zero-order valence-electron chi connectivity index (χ0n) is 16.8. The normalized spacial score (nSPS) is 16.6. The zero-order valence-corrected chi connectivity index (χ0v) is 16.8. The lowest BCUT2D eigenvalue weighted by Gasteiger charge is -2.19. The van der Waals surface area contributed by atoms with E-state index in [0.717, 1.165) is 25.7 Å². The van der Waals surface area contributed by atoms with Gasteiger partial charge in [-0.25, -0.2) is 0 Å². The maximum Gasteiger partial charge on any atom is 0.306 e. The number of ketones is 2. The minimum Gasteiger partial charge on any atom is -0.453 e. The highest BCUT2D eigenvalue weighted by Gasteiger charge is 2.30. The predicted molar refractivity (Wildman–Crippen MR) is 111 cm³/mol. The van der Waals surface area contributed by atoms with E-state index >= 15 is 0 Å². The Hall–Kier alpha value is -3.28. The van der Waals surface area contributed by atoms with Gasteiger partial charge >= 0.3 is 5.97 Å². The Kier molecular flexibility index (Phi) is 5.48. The number of hydrogen-bond acceptors (Lipinski definition) is 5. The van der Waals surface area contributed by atoms with Gasteiger partial charge in [0.1, 0.15) is 0 Å². The van der Waals surface area contributed by atoms with Crippen LogP contribution >= 0.6 is 0 Å². The van der Waals surface area contributed by atoms with Crippen LogP contribution in [0.4, 0.5) is 5.69 Å². The lowest BCUT2D eigenvalue weighted by molar-refractivity contribution is -0.154. The van der Waals surface area contributed by atoms with Crippen LogP contribution in [0.1, 0.15) is 70.9 Å². The van der Waals surface area contributed by atoms with Crippen molar-refractivity contribution in [2.75, 3.05) is 5.32 Å². The lowest BCUT2D eigenvalue weighted by Crippen LogP contribution is -2.30. The van der Waals surface area contributed by atoms with Gasteiger partial charge < -0.3 is 10.1 Å². The Labute approximate surface area is 174 Å². The first-order valence-electron chi connectivity index (χ1n) is 10.3. The fourth-order valence-corrected chi connectivity index (χ4v) is 4.17. The van der Waals surface area contributed by atoms with E-state index in [2.05, 4.69) is 5.32 Å². The number of carbonyl (C=O) groups excluding carboxylic acids is 4. The van der Waals surface area contributed by atoms with Crippen LogP contribution < -0.4 is 5.32 Å². The molecule has 0 aromatic heterocycles. The van der Waals surface area contributed by atoms with Crippen LogP contribution in [-0.2, 0) is 14.3 Å². The Morgan fingerprint density at radius 3 is 2.23 bits per heavy atom. The van der Waals surface area contributed by atoms with Crippen molar-refractivity contribution in [2.45, 2.75) is 45.1 Å². The van der Waals surface area contributed by atoms with Crippen LogP contribution in [0, 0.1) is 5.92 Å². The smallest absolute Gasteiger partial charge is 0.306 e. The number of nitrogens with one attached hydrogen (secondary N) is 1. The average Bonchev–Trinajstić information content (AvgIpc) is 3.24. The number of fused-ring (bicyclic) bond motifs is 2.